The molecule has 0 fully saturated rings. The van der Waals surface area contributed by atoms with Crippen molar-refractivity contribution in [2.75, 3.05) is 5.32 Å². The molecule has 1 aromatic heterocycles. The smallest absolute Gasteiger partial charge is 0.224 e. The summed E-state index contributed by atoms with van der Waals surface area (Å²) in [7, 11) is 0. The zero-order valence-corrected chi connectivity index (χ0v) is 10.8. The Kier molecular flexibility index (Phi) is 6.69. The first-order valence-electron chi connectivity index (χ1n) is 6.38. The van der Waals surface area contributed by atoms with Crippen molar-refractivity contribution in [3.8, 4) is 0 Å². The first-order valence-corrected chi connectivity index (χ1v) is 6.38. The van der Waals surface area contributed by atoms with E-state index in [0.29, 0.717) is 12.8 Å². The molecule has 0 aliphatic carbocycles. The van der Waals surface area contributed by atoms with Gasteiger partial charge in [0.15, 0.2) is 0 Å². The predicted molar refractivity (Wildman–Crippen MR) is 71.2 cm³/mol. The number of hydrogen-bond acceptors (Lipinski definition) is 3. The number of pyridine rings is 1. The van der Waals surface area contributed by atoms with E-state index in [1.807, 2.05) is 0 Å². The Hall–Kier alpha value is -1.71. The van der Waals surface area contributed by atoms with Crippen LogP contribution in [-0.2, 0) is 9.59 Å². The molecule has 0 atom stereocenters. The lowest BCUT2D eigenvalue weighted by Crippen LogP contribution is -2.10. The summed E-state index contributed by atoms with van der Waals surface area (Å²) in [5, 5.41) is 2.82. The predicted octanol–water partition coefficient (Wildman–Crippen LogP) is 2.95. The van der Waals surface area contributed by atoms with Gasteiger partial charge in [-0.3, -0.25) is 9.78 Å². The van der Waals surface area contributed by atoms with Crippen LogP contribution in [0.4, 0.5) is 5.69 Å². The fraction of sp³-hybridized carbons (Fsp3) is 0.500. The number of ketones is 1. The summed E-state index contributed by atoms with van der Waals surface area (Å²) in [5.41, 5.74) is 0.784. The fourth-order valence-corrected chi connectivity index (χ4v) is 1.67. The largest absolute Gasteiger partial charge is 0.326 e. The average Bonchev–Trinajstić information content (AvgIpc) is 2.34. The highest BCUT2D eigenvalue weighted by molar-refractivity contribution is 5.90. The van der Waals surface area contributed by atoms with Crippen molar-refractivity contribution in [1.82, 2.24) is 4.98 Å². The number of unbranched alkanes of at least 4 members (excludes halogenated alkanes) is 3. The number of carbonyl (C=O) groups excluding carboxylic acids is 2. The lowest BCUT2D eigenvalue weighted by atomic mass is 10.1. The van der Waals surface area contributed by atoms with Gasteiger partial charge < -0.3 is 10.1 Å². The minimum absolute atomic E-state index is 0.0350. The molecule has 98 valence electrons. The fourth-order valence-electron chi connectivity index (χ4n) is 1.67. The Labute approximate surface area is 108 Å². The number of Topliss-reactive ketones (excluding diaryl/α,β-unsaturated/α-hetero) is 1. The third-order valence-electron chi connectivity index (χ3n) is 2.65. The van der Waals surface area contributed by atoms with Crippen molar-refractivity contribution in [3.05, 3.63) is 24.5 Å². The van der Waals surface area contributed by atoms with Crippen molar-refractivity contribution in [1.29, 1.82) is 0 Å². The van der Waals surface area contributed by atoms with Gasteiger partial charge in [0, 0.05) is 30.9 Å². The maximum absolute atomic E-state index is 11.6. The molecule has 1 N–H and O–H groups in total. The van der Waals surface area contributed by atoms with E-state index < -0.39 is 0 Å². The molecule has 1 aromatic rings. The van der Waals surface area contributed by atoms with Gasteiger partial charge in [0.1, 0.15) is 5.78 Å². The lowest BCUT2D eigenvalue weighted by Gasteiger charge is -2.04. The summed E-state index contributed by atoms with van der Waals surface area (Å²) in [6.45, 7) is 1.61. The molecule has 1 rings (SSSR count). The molecule has 0 radical (unpaired) electrons. The van der Waals surface area contributed by atoms with Gasteiger partial charge in [-0.25, -0.2) is 0 Å². The van der Waals surface area contributed by atoms with Gasteiger partial charge in [-0.05, 0) is 31.9 Å². The highest BCUT2D eigenvalue weighted by Crippen LogP contribution is 2.08. The highest BCUT2D eigenvalue weighted by Gasteiger charge is 2.01. The van der Waals surface area contributed by atoms with Gasteiger partial charge >= 0.3 is 0 Å². The van der Waals surface area contributed by atoms with Gasteiger partial charge in [-0.1, -0.05) is 12.8 Å². The third-order valence-corrected chi connectivity index (χ3v) is 2.65. The number of nitrogens with zero attached hydrogens (tertiary/aromatic N) is 1. The monoisotopic (exact) mass is 248 g/mol. The summed E-state index contributed by atoms with van der Waals surface area (Å²) < 4.78 is 0. The second-order valence-corrected chi connectivity index (χ2v) is 4.40. The molecule has 1 amide bonds. The molecule has 0 aromatic carbocycles. The Balaban J connectivity index is 2.05. The molecule has 1 heterocycles. The van der Waals surface area contributed by atoms with Crippen LogP contribution in [0.15, 0.2) is 24.5 Å². The topological polar surface area (TPSA) is 59.1 Å². The number of carbonyl (C=O) groups is 2. The normalized spacial score (nSPS) is 10.1. The molecular formula is C14H20N2O2. The summed E-state index contributed by atoms with van der Waals surface area (Å²) >= 11 is 0. The van der Waals surface area contributed by atoms with Gasteiger partial charge in [-0.15, -0.1) is 0 Å². The van der Waals surface area contributed by atoms with E-state index in [1.54, 1.807) is 31.5 Å². The molecular weight excluding hydrogens is 228 g/mol. The van der Waals surface area contributed by atoms with Crippen LogP contribution in [-0.4, -0.2) is 16.7 Å². The van der Waals surface area contributed by atoms with E-state index in [-0.39, 0.29) is 11.7 Å². The van der Waals surface area contributed by atoms with Crippen LogP contribution in [0.3, 0.4) is 0 Å². The molecule has 0 aliphatic heterocycles. The minimum atomic E-state index is 0.0350. The average molecular weight is 248 g/mol. The van der Waals surface area contributed by atoms with E-state index in [1.165, 1.54) is 0 Å². The lowest BCUT2D eigenvalue weighted by molar-refractivity contribution is -0.117. The van der Waals surface area contributed by atoms with Crippen molar-refractivity contribution in [3.63, 3.8) is 0 Å². The molecule has 0 aliphatic rings. The van der Waals surface area contributed by atoms with E-state index in [2.05, 4.69) is 10.3 Å². The quantitative estimate of drug-likeness (QED) is 0.719. The van der Waals surface area contributed by atoms with Crippen LogP contribution >= 0.6 is 0 Å². The first-order chi connectivity index (χ1) is 8.68. The number of amides is 1. The number of rotatable bonds is 8. The van der Waals surface area contributed by atoms with Gasteiger partial charge in [-0.2, -0.15) is 0 Å². The number of aromatic nitrogens is 1. The highest BCUT2D eigenvalue weighted by atomic mass is 16.1. The van der Waals surface area contributed by atoms with Crippen molar-refractivity contribution >= 4 is 17.4 Å². The van der Waals surface area contributed by atoms with Crippen LogP contribution in [0.25, 0.3) is 0 Å². The number of nitrogens with one attached hydrogen (secondary N) is 1. The third kappa shape index (κ3) is 6.78. The van der Waals surface area contributed by atoms with E-state index >= 15 is 0 Å². The molecule has 0 saturated heterocycles. The van der Waals surface area contributed by atoms with Crippen LogP contribution in [0.5, 0.6) is 0 Å². The Morgan fingerprint density at radius 3 is 2.28 bits per heavy atom. The molecule has 0 bridgehead atoms. The van der Waals surface area contributed by atoms with Crippen molar-refractivity contribution in [2.45, 2.75) is 45.4 Å². The van der Waals surface area contributed by atoms with Gasteiger partial charge in [0.05, 0.1) is 0 Å². The molecule has 0 spiro atoms. The standard InChI is InChI=1S/C14H20N2O2/c1-12(17)6-4-2-3-5-7-14(18)16-13-8-10-15-11-9-13/h8-11H,2-7H2,1H3,(H,15,16,18). The summed E-state index contributed by atoms with van der Waals surface area (Å²) in [5.74, 6) is 0.276. The summed E-state index contributed by atoms with van der Waals surface area (Å²) in [4.78, 5) is 26.2. The van der Waals surface area contributed by atoms with Gasteiger partial charge in [0.2, 0.25) is 5.91 Å². The zero-order valence-electron chi connectivity index (χ0n) is 10.8. The van der Waals surface area contributed by atoms with E-state index in [9.17, 15) is 9.59 Å². The van der Waals surface area contributed by atoms with Crippen LogP contribution in [0.2, 0.25) is 0 Å². The summed E-state index contributed by atoms with van der Waals surface area (Å²) in [6.07, 6.45) is 8.30. The zero-order chi connectivity index (χ0) is 13.2. The SMILES string of the molecule is CC(=O)CCCCCCC(=O)Nc1ccncc1. The van der Waals surface area contributed by atoms with E-state index in [4.69, 9.17) is 0 Å². The molecule has 0 unspecified atom stereocenters. The Morgan fingerprint density at radius 1 is 1.06 bits per heavy atom. The second-order valence-electron chi connectivity index (χ2n) is 4.40. The molecule has 4 nitrogen and oxygen atoms in total. The van der Waals surface area contributed by atoms with Crippen LogP contribution in [0.1, 0.15) is 45.4 Å². The van der Waals surface area contributed by atoms with E-state index in [0.717, 1.165) is 31.4 Å². The van der Waals surface area contributed by atoms with Crippen LogP contribution in [0, 0.1) is 0 Å². The Bertz CT molecular complexity index is 377. The second kappa shape index (κ2) is 8.39. The Morgan fingerprint density at radius 2 is 1.67 bits per heavy atom. The van der Waals surface area contributed by atoms with Gasteiger partial charge in [0.25, 0.3) is 0 Å². The number of anilines is 1. The van der Waals surface area contributed by atoms with Crippen molar-refractivity contribution in [2.24, 2.45) is 0 Å². The molecule has 18 heavy (non-hydrogen) atoms. The molecule has 0 saturated carbocycles. The number of hydrogen-bond donors (Lipinski definition) is 1. The first kappa shape index (κ1) is 14.4. The maximum Gasteiger partial charge on any atom is 0.224 e. The van der Waals surface area contributed by atoms with Crippen molar-refractivity contribution < 1.29 is 9.59 Å². The summed E-state index contributed by atoms with van der Waals surface area (Å²) in [6, 6.07) is 3.54. The molecule has 4 heteroatoms. The maximum atomic E-state index is 11.6. The minimum Gasteiger partial charge on any atom is -0.326 e. The van der Waals surface area contributed by atoms with Crippen LogP contribution < -0.4 is 5.32 Å².